The molecule has 0 aliphatic heterocycles. The van der Waals surface area contributed by atoms with Crippen molar-refractivity contribution >= 4 is 62.3 Å². The van der Waals surface area contributed by atoms with Gasteiger partial charge in [-0.25, -0.2) is 8.42 Å². The van der Waals surface area contributed by atoms with Gasteiger partial charge >= 0.3 is 0 Å². The van der Waals surface area contributed by atoms with Crippen LogP contribution in [-0.2, 0) is 26.2 Å². The SMILES string of the molecule is CC(C(=O)NC(C)(C)C)N(Cc1ccccc1Cl)C(=O)CN(c1cccc(Cl)c1Cl)S(C)(=O)=O. The van der Waals surface area contributed by atoms with E-state index in [0.717, 1.165) is 10.6 Å². The lowest BCUT2D eigenvalue weighted by Crippen LogP contribution is -2.54. The smallest absolute Gasteiger partial charge is 0.244 e. The standard InChI is InChI=1S/C23H28Cl3N3O4S/c1-15(22(31)27-23(2,3)4)28(13-16-9-6-7-10-17(16)24)20(30)14-29(34(5,32)33)19-12-8-11-18(25)21(19)26/h6-12,15H,13-14H2,1-5H3,(H,27,31). The molecule has 0 spiro atoms. The number of hydrogen-bond donors (Lipinski definition) is 1. The number of carbonyl (C=O) groups excluding carboxylic acids is 2. The van der Waals surface area contributed by atoms with Crippen molar-refractivity contribution in [2.75, 3.05) is 17.1 Å². The van der Waals surface area contributed by atoms with Crippen molar-refractivity contribution in [2.24, 2.45) is 0 Å². The fraction of sp³-hybridized carbons (Fsp3) is 0.391. The minimum atomic E-state index is -3.93. The number of hydrogen-bond acceptors (Lipinski definition) is 4. The van der Waals surface area contributed by atoms with Gasteiger partial charge in [-0.1, -0.05) is 59.1 Å². The topological polar surface area (TPSA) is 86.8 Å². The summed E-state index contributed by atoms with van der Waals surface area (Å²) in [5.74, 6) is -1.00. The lowest BCUT2D eigenvalue weighted by atomic mass is 10.1. The maximum atomic E-state index is 13.5. The van der Waals surface area contributed by atoms with E-state index in [1.165, 1.54) is 23.1 Å². The molecule has 34 heavy (non-hydrogen) atoms. The number of anilines is 1. The number of benzene rings is 2. The first kappa shape index (κ1) is 28.2. The Labute approximate surface area is 216 Å². The van der Waals surface area contributed by atoms with Crippen molar-refractivity contribution in [1.29, 1.82) is 0 Å². The average Bonchev–Trinajstić information content (AvgIpc) is 2.71. The van der Waals surface area contributed by atoms with Gasteiger partial charge in [0.15, 0.2) is 0 Å². The first-order chi connectivity index (χ1) is 15.6. The molecule has 2 aromatic carbocycles. The van der Waals surface area contributed by atoms with Crippen LogP contribution in [0.15, 0.2) is 42.5 Å². The van der Waals surface area contributed by atoms with Gasteiger partial charge in [-0.05, 0) is 51.5 Å². The summed E-state index contributed by atoms with van der Waals surface area (Å²) in [6, 6.07) is 10.5. The fourth-order valence-corrected chi connectivity index (χ4v) is 4.64. The summed E-state index contributed by atoms with van der Waals surface area (Å²) in [6.07, 6.45) is 0.964. The van der Waals surface area contributed by atoms with Gasteiger partial charge in [0.1, 0.15) is 12.6 Å². The monoisotopic (exact) mass is 547 g/mol. The van der Waals surface area contributed by atoms with Crippen LogP contribution in [0.3, 0.4) is 0 Å². The van der Waals surface area contributed by atoms with E-state index >= 15 is 0 Å². The number of nitrogens with zero attached hydrogens (tertiary/aromatic N) is 2. The van der Waals surface area contributed by atoms with E-state index in [0.29, 0.717) is 10.6 Å². The molecule has 0 saturated heterocycles. The molecule has 7 nitrogen and oxygen atoms in total. The van der Waals surface area contributed by atoms with Crippen molar-refractivity contribution in [2.45, 2.75) is 45.8 Å². The number of carbonyl (C=O) groups is 2. The molecule has 0 fully saturated rings. The Kier molecular flexibility index (Phi) is 9.27. The first-order valence-corrected chi connectivity index (χ1v) is 13.4. The van der Waals surface area contributed by atoms with Crippen LogP contribution >= 0.6 is 34.8 Å². The summed E-state index contributed by atoms with van der Waals surface area (Å²) in [5.41, 5.74) is 0.145. The number of amides is 2. The Bertz CT molecular complexity index is 1170. The van der Waals surface area contributed by atoms with Crippen LogP contribution in [0, 0.1) is 0 Å². The minimum absolute atomic E-state index is 0.00132. The van der Waals surface area contributed by atoms with Gasteiger partial charge in [-0.15, -0.1) is 0 Å². The van der Waals surface area contributed by atoms with Crippen molar-refractivity contribution in [1.82, 2.24) is 10.2 Å². The fourth-order valence-electron chi connectivity index (χ4n) is 3.15. The molecule has 0 saturated carbocycles. The molecule has 0 aliphatic carbocycles. The summed E-state index contributed by atoms with van der Waals surface area (Å²) in [6.45, 7) is 6.46. The van der Waals surface area contributed by atoms with Gasteiger partial charge in [-0.2, -0.15) is 0 Å². The molecule has 1 atom stereocenters. The molecule has 0 bridgehead atoms. The highest BCUT2D eigenvalue weighted by Gasteiger charge is 2.32. The highest BCUT2D eigenvalue weighted by molar-refractivity contribution is 7.92. The number of rotatable bonds is 8. The van der Waals surface area contributed by atoms with Gasteiger partial charge in [-0.3, -0.25) is 13.9 Å². The van der Waals surface area contributed by atoms with Crippen molar-refractivity contribution < 1.29 is 18.0 Å². The predicted octanol–water partition coefficient (Wildman–Crippen LogP) is 4.74. The van der Waals surface area contributed by atoms with Gasteiger partial charge < -0.3 is 10.2 Å². The Morgan fingerprint density at radius 2 is 1.59 bits per heavy atom. The minimum Gasteiger partial charge on any atom is -0.350 e. The zero-order valence-corrected chi connectivity index (χ0v) is 22.7. The van der Waals surface area contributed by atoms with Gasteiger partial charge in [0.05, 0.1) is 22.0 Å². The molecule has 2 amide bonds. The molecular formula is C23H28Cl3N3O4S. The van der Waals surface area contributed by atoms with Crippen LogP contribution in [0.25, 0.3) is 0 Å². The molecule has 0 heterocycles. The van der Waals surface area contributed by atoms with E-state index in [9.17, 15) is 18.0 Å². The van der Waals surface area contributed by atoms with E-state index in [2.05, 4.69) is 5.32 Å². The van der Waals surface area contributed by atoms with E-state index in [1.807, 2.05) is 20.8 Å². The second-order valence-electron chi connectivity index (χ2n) is 8.87. The molecule has 1 unspecified atom stereocenters. The second-order valence-corrected chi connectivity index (χ2v) is 12.0. The third kappa shape index (κ3) is 7.50. The normalized spacial score (nSPS) is 12.7. The van der Waals surface area contributed by atoms with Gasteiger partial charge in [0, 0.05) is 17.1 Å². The van der Waals surface area contributed by atoms with Crippen LogP contribution in [0.5, 0.6) is 0 Å². The zero-order chi connectivity index (χ0) is 25.8. The predicted molar refractivity (Wildman–Crippen MR) is 138 cm³/mol. The van der Waals surface area contributed by atoms with Crippen LogP contribution in [0.4, 0.5) is 5.69 Å². The number of nitrogens with one attached hydrogen (secondary N) is 1. The summed E-state index contributed by atoms with van der Waals surface area (Å²) in [4.78, 5) is 27.7. The third-order valence-corrected chi connectivity index (χ3v) is 7.15. The van der Waals surface area contributed by atoms with E-state index in [4.69, 9.17) is 34.8 Å². The van der Waals surface area contributed by atoms with Crippen molar-refractivity contribution in [3.8, 4) is 0 Å². The molecule has 1 N–H and O–H groups in total. The van der Waals surface area contributed by atoms with E-state index in [-0.39, 0.29) is 28.2 Å². The molecule has 2 aromatic rings. The van der Waals surface area contributed by atoms with Crippen LogP contribution in [-0.4, -0.2) is 49.5 Å². The summed E-state index contributed by atoms with van der Waals surface area (Å²) >= 11 is 18.6. The molecule has 0 radical (unpaired) electrons. The highest BCUT2D eigenvalue weighted by Crippen LogP contribution is 2.33. The Morgan fingerprint density at radius 1 is 1.00 bits per heavy atom. The zero-order valence-electron chi connectivity index (χ0n) is 19.6. The Morgan fingerprint density at radius 3 is 2.15 bits per heavy atom. The molecule has 0 aromatic heterocycles. The maximum Gasteiger partial charge on any atom is 0.244 e. The first-order valence-electron chi connectivity index (χ1n) is 10.4. The molecule has 0 aliphatic rings. The Balaban J connectivity index is 2.47. The van der Waals surface area contributed by atoms with E-state index < -0.39 is 34.1 Å². The quantitative estimate of drug-likeness (QED) is 0.516. The highest BCUT2D eigenvalue weighted by atomic mass is 35.5. The van der Waals surface area contributed by atoms with Crippen molar-refractivity contribution in [3.63, 3.8) is 0 Å². The summed E-state index contributed by atoms with van der Waals surface area (Å²) in [5, 5.41) is 3.41. The molecular weight excluding hydrogens is 521 g/mol. The number of halogens is 3. The molecule has 2 rings (SSSR count). The van der Waals surface area contributed by atoms with E-state index in [1.54, 1.807) is 31.2 Å². The average molecular weight is 549 g/mol. The molecule has 11 heteroatoms. The van der Waals surface area contributed by atoms with Crippen LogP contribution < -0.4 is 9.62 Å². The lowest BCUT2D eigenvalue weighted by molar-refractivity contribution is -0.140. The summed E-state index contributed by atoms with van der Waals surface area (Å²) in [7, 11) is -3.93. The largest absolute Gasteiger partial charge is 0.350 e. The van der Waals surface area contributed by atoms with Gasteiger partial charge in [0.2, 0.25) is 21.8 Å². The summed E-state index contributed by atoms with van der Waals surface area (Å²) < 4.78 is 26.1. The molecule has 186 valence electrons. The third-order valence-electron chi connectivity index (χ3n) is 4.84. The van der Waals surface area contributed by atoms with Crippen LogP contribution in [0.2, 0.25) is 15.1 Å². The lowest BCUT2D eigenvalue weighted by Gasteiger charge is -2.33. The Hall–Kier alpha value is -2.00. The number of sulfonamides is 1. The second kappa shape index (κ2) is 11.2. The van der Waals surface area contributed by atoms with Crippen molar-refractivity contribution in [3.05, 3.63) is 63.1 Å². The van der Waals surface area contributed by atoms with Crippen LogP contribution in [0.1, 0.15) is 33.3 Å². The maximum absolute atomic E-state index is 13.5. The van der Waals surface area contributed by atoms with Gasteiger partial charge in [0.25, 0.3) is 0 Å².